The van der Waals surface area contributed by atoms with E-state index in [1.165, 1.54) is 16.9 Å². The van der Waals surface area contributed by atoms with Gasteiger partial charge in [0.1, 0.15) is 23.1 Å². The highest BCUT2D eigenvalue weighted by molar-refractivity contribution is 7.09. The Hall–Kier alpha value is -1.96. The van der Waals surface area contributed by atoms with Crippen LogP contribution in [-0.2, 0) is 11.3 Å². The molecule has 1 amide bonds. The Bertz CT molecular complexity index is 724. The van der Waals surface area contributed by atoms with Crippen LogP contribution in [0.1, 0.15) is 40.8 Å². The number of nitrogens with zero attached hydrogens (tertiary/aromatic N) is 2. The van der Waals surface area contributed by atoms with Crippen LogP contribution in [0.5, 0.6) is 5.75 Å². The van der Waals surface area contributed by atoms with Crippen molar-refractivity contribution in [1.82, 2.24) is 15.2 Å². The van der Waals surface area contributed by atoms with Crippen molar-refractivity contribution in [3.63, 3.8) is 0 Å². The standard InChI is InChI=1S/C20H27N3O3S/c1-15(2)16-3-5-17(6-4-16)26-13-19-22-18(14-27-19)20(24)21-7-8-23-9-11-25-12-10-23/h3-6,14-15H,7-13H2,1-2H3,(H,21,24). The summed E-state index contributed by atoms with van der Waals surface area (Å²) in [4.78, 5) is 18.9. The lowest BCUT2D eigenvalue weighted by Gasteiger charge is -2.26. The molecule has 0 spiro atoms. The van der Waals surface area contributed by atoms with Gasteiger partial charge in [-0.1, -0.05) is 26.0 Å². The summed E-state index contributed by atoms with van der Waals surface area (Å²) in [5, 5.41) is 5.51. The first-order valence-corrected chi connectivity index (χ1v) is 10.3. The van der Waals surface area contributed by atoms with Crippen LogP contribution in [0.3, 0.4) is 0 Å². The maximum atomic E-state index is 12.2. The molecule has 0 atom stereocenters. The first-order chi connectivity index (χ1) is 13.1. The first-order valence-electron chi connectivity index (χ1n) is 9.37. The molecule has 2 heterocycles. The second-order valence-corrected chi connectivity index (χ2v) is 7.79. The molecule has 0 unspecified atom stereocenters. The van der Waals surface area contributed by atoms with E-state index in [1.807, 2.05) is 12.1 Å². The maximum Gasteiger partial charge on any atom is 0.270 e. The molecule has 1 fully saturated rings. The summed E-state index contributed by atoms with van der Waals surface area (Å²) in [6.45, 7) is 9.53. The topological polar surface area (TPSA) is 63.7 Å². The van der Waals surface area contributed by atoms with E-state index in [9.17, 15) is 4.79 Å². The molecule has 1 aliphatic rings. The minimum absolute atomic E-state index is 0.132. The molecule has 2 aromatic rings. The number of aromatic nitrogens is 1. The largest absolute Gasteiger partial charge is 0.486 e. The third kappa shape index (κ3) is 6.02. The Morgan fingerprint density at radius 2 is 2.04 bits per heavy atom. The summed E-state index contributed by atoms with van der Waals surface area (Å²) in [5.74, 6) is 1.18. The number of ether oxygens (including phenoxy) is 2. The van der Waals surface area contributed by atoms with Crippen molar-refractivity contribution in [3.05, 3.63) is 45.9 Å². The Morgan fingerprint density at radius 3 is 2.74 bits per heavy atom. The van der Waals surface area contributed by atoms with Gasteiger partial charge in [0.25, 0.3) is 5.91 Å². The van der Waals surface area contributed by atoms with Gasteiger partial charge >= 0.3 is 0 Å². The predicted octanol–water partition coefficient (Wildman–Crippen LogP) is 2.91. The van der Waals surface area contributed by atoms with Gasteiger partial charge in [-0.2, -0.15) is 0 Å². The zero-order valence-corrected chi connectivity index (χ0v) is 16.8. The molecule has 6 nitrogen and oxygen atoms in total. The zero-order chi connectivity index (χ0) is 19.1. The molecule has 3 rings (SSSR count). The van der Waals surface area contributed by atoms with E-state index in [4.69, 9.17) is 9.47 Å². The molecule has 0 radical (unpaired) electrons. The third-order valence-corrected chi connectivity index (χ3v) is 5.33. The predicted molar refractivity (Wildman–Crippen MR) is 107 cm³/mol. The van der Waals surface area contributed by atoms with Crippen molar-refractivity contribution in [3.8, 4) is 5.75 Å². The lowest BCUT2D eigenvalue weighted by Crippen LogP contribution is -2.41. The van der Waals surface area contributed by atoms with E-state index in [0.717, 1.165) is 43.6 Å². The number of hydrogen-bond acceptors (Lipinski definition) is 6. The monoisotopic (exact) mass is 389 g/mol. The van der Waals surface area contributed by atoms with E-state index in [-0.39, 0.29) is 5.91 Å². The Kier molecular flexibility index (Phi) is 7.20. The number of rotatable bonds is 8. The zero-order valence-electron chi connectivity index (χ0n) is 15.9. The number of nitrogens with one attached hydrogen (secondary N) is 1. The molecule has 0 aliphatic carbocycles. The van der Waals surface area contributed by atoms with Crippen LogP contribution in [0.2, 0.25) is 0 Å². The highest BCUT2D eigenvalue weighted by atomic mass is 32.1. The quantitative estimate of drug-likeness (QED) is 0.752. The van der Waals surface area contributed by atoms with E-state index < -0.39 is 0 Å². The van der Waals surface area contributed by atoms with Gasteiger partial charge in [-0.3, -0.25) is 9.69 Å². The second kappa shape index (κ2) is 9.82. The van der Waals surface area contributed by atoms with Crippen molar-refractivity contribution in [2.24, 2.45) is 0 Å². The Labute approximate surface area is 164 Å². The molecule has 1 saturated heterocycles. The molecular formula is C20H27N3O3S. The van der Waals surface area contributed by atoms with Gasteiger partial charge in [0.05, 0.1) is 13.2 Å². The number of amides is 1. The van der Waals surface area contributed by atoms with Gasteiger partial charge < -0.3 is 14.8 Å². The van der Waals surface area contributed by atoms with Crippen LogP contribution in [0, 0.1) is 0 Å². The number of carbonyl (C=O) groups is 1. The number of carbonyl (C=O) groups excluding carboxylic acids is 1. The summed E-state index contributed by atoms with van der Waals surface area (Å²) in [6.07, 6.45) is 0. The summed E-state index contributed by atoms with van der Waals surface area (Å²) >= 11 is 1.44. The highest BCUT2D eigenvalue weighted by Crippen LogP contribution is 2.20. The molecule has 146 valence electrons. The fourth-order valence-electron chi connectivity index (χ4n) is 2.82. The molecule has 0 bridgehead atoms. The van der Waals surface area contributed by atoms with Crippen LogP contribution >= 0.6 is 11.3 Å². The lowest BCUT2D eigenvalue weighted by molar-refractivity contribution is 0.0383. The van der Waals surface area contributed by atoms with E-state index in [0.29, 0.717) is 24.8 Å². The van der Waals surface area contributed by atoms with Crippen LogP contribution in [0.25, 0.3) is 0 Å². The average Bonchev–Trinajstić information content (AvgIpc) is 3.17. The Balaban J connectivity index is 1.42. The first kappa shape index (κ1) is 19.8. The van der Waals surface area contributed by atoms with Gasteiger partial charge in [-0.05, 0) is 23.6 Å². The molecule has 7 heteroatoms. The van der Waals surface area contributed by atoms with Gasteiger partial charge in [0.2, 0.25) is 0 Å². The normalized spacial score (nSPS) is 15.1. The van der Waals surface area contributed by atoms with Crippen LogP contribution < -0.4 is 10.1 Å². The van der Waals surface area contributed by atoms with Crippen LogP contribution in [0.4, 0.5) is 0 Å². The summed E-state index contributed by atoms with van der Waals surface area (Å²) in [5.41, 5.74) is 1.74. The number of hydrogen-bond donors (Lipinski definition) is 1. The molecule has 1 N–H and O–H groups in total. The summed E-state index contributed by atoms with van der Waals surface area (Å²) < 4.78 is 11.1. The molecule has 1 aromatic carbocycles. The molecule has 0 saturated carbocycles. The van der Waals surface area contributed by atoms with Crippen molar-refractivity contribution >= 4 is 17.2 Å². The van der Waals surface area contributed by atoms with Gasteiger partial charge in [0.15, 0.2) is 0 Å². The number of thiazole rings is 1. The van der Waals surface area contributed by atoms with Crippen LogP contribution in [-0.4, -0.2) is 55.2 Å². The minimum atomic E-state index is -0.132. The van der Waals surface area contributed by atoms with E-state index in [2.05, 4.69) is 41.2 Å². The van der Waals surface area contributed by atoms with E-state index in [1.54, 1.807) is 5.38 Å². The van der Waals surface area contributed by atoms with Crippen molar-refractivity contribution in [2.75, 3.05) is 39.4 Å². The highest BCUT2D eigenvalue weighted by Gasteiger charge is 2.13. The SMILES string of the molecule is CC(C)c1ccc(OCc2nc(C(=O)NCCN3CCOCC3)cs2)cc1. The summed E-state index contributed by atoms with van der Waals surface area (Å²) in [7, 11) is 0. The average molecular weight is 390 g/mol. The van der Waals surface area contributed by atoms with Crippen molar-refractivity contribution in [1.29, 1.82) is 0 Å². The maximum absolute atomic E-state index is 12.2. The Morgan fingerprint density at radius 1 is 1.30 bits per heavy atom. The van der Waals surface area contributed by atoms with Crippen LogP contribution in [0.15, 0.2) is 29.6 Å². The number of benzene rings is 1. The van der Waals surface area contributed by atoms with Gasteiger partial charge in [0, 0.05) is 31.6 Å². The smallest absolute Gasteiger partial charge is 0.270 e. The third-order valence-electron chi connectivity index (χ3n) is 4.51. The minimum Gasteiger partial charge on any atom is -0.486 e. The fraction of sp³-hybridized carbons (Fsp3) is 0.500. The number of morpholine rings is 1. The summed E-state index contributed by atoms with van der Waals surface area (Å²) in [6, 6.07) is 8.11. The van der Waals surface area contributed by atoms with Crippen molar-refractivity contribution in [2.45, 2.75) is 26.4 Å². The molecule has 1 aromatic heterocycles. The van der Waals surface area contributed by atoms with Gasteiger partial charge in [-0.25, -0.2) is 4.98 Å². The van der Waals surface area contributed by atoms with Crippen molar-refractivity contribution < 1.29 is 14.3 Å². The second-order valence-electron chi connectivity index (χ2n) is 6.85. The fourth-order valence-corrected chi connectivity index (χ4v) is 3.50. The molecular weight excluding hydrogens is 362 g/mol. The lowest BCUT2D eigenvalue weighted by atomic mass is 10.0. The van der Waals surface area contributed by atoms with Gasteiger partial charge in [-0.15, -0.1) is 11.3 Å². The van der Waals surface area contributed by atoms with E-state index >= 15 is 0 Å². The molecule has 27 heavy (non-hydrogen) atoms. The molecule has 1 aliphatic heterocycles.